The van der Waals surface area contributed by atoms with Crippen molar-refractivity contribution >= 4 is 11.8 Å². The molecule has 0 radical (unpaired) electrons. The van der Waals surface area contributed by atoms with E-state index in [-0.39, 0.29) is 18.1 Å². The maximum atomic E-state index is 12.4. The van der Waals surface area contributed by atoms with Gasteiger partial charge in [0.1, 0.15) is 5.82 Å². The monoisotopic (exact) mass is 300 g/mol. The number of urea groups is 1. The molecule has 0 aliphatic heterocycles. The summed E-state index contributed by atoms with van der Waals surface area (Å²) in [5, 5.41) is 7.32. The number of anilines is 1. The molecule has 0 spiro atoms. The number of carbonyl (C=O) groups excluding carboxylic acids is 1. The Morgan fingerprint density at radius 2 is 1.91 bits per heavy atom. The first-order valence-corrected chi connectivity index (χ1v) is 7.70. The topological polar surface area (TPSA) is 50.2 Å². The fraction of sp³-hybridized carbons (Fsp3) is 0.412. The molecule has 22 heavy (non-hydrogen) atoms. The van der Waals surface area contributed by atoms with E-state index in [1.54, 1.807) is 11.1 Å². The molecule has 1 atom stereocenters. The van der Waals surface area contributed by atoms with E-state index < -0.39 is 0 Å². The van der Waals surface area contributed by atoms with Gasteiger partial charge < -0.3 is 4.90 Å². The van der Waals surface area contributed by atoms with Crippen LogP contribution in [0.15, 0.2) is 42.6 Å². The highest BCUT2D eigenvalue weighted by Crippen LogP contribution is 2.21. The number of hydrogen-bond acceptors (Lipinski definition) is 2. The molecule has 0 unspecified atom stereocenters. The normalized spacial score (nSPS) is 12.2. The second-order valence-electron chi connectivity index (χ2n) is 5.56. The molecule has 2 aromatic rings. The standard InChI is InChI=1S/C17H24N4O/c1-5-20(13(2)3)17(22)19-16-11-12-18-21(16)14(4)15-9-7-6-8-10-15/h6-14H,5H2,1-4H3,(H,19,22)/t14-/m0/s1. The van der Waals surface area contributed by atoms with Crippen LogP contribution in [0.1, 0.15) is 39.3 Å². The van der Waals surface area contributed by atoms with E-state index in [0.29, 0.717) is 12.4 Å². The molecule has 1 heterocycles. The Hall–Kier alpha value is -2.30. The third-order valence-corrected chi connectivity index (χ3v) is 3.78. The second-order valence-corrected chi connectivity index (χ2v) is 5.56. The minimum Gasteiger partial charge on any atom is -0.322 e. The lowest BCUT2D eigenvalue weighted by molar-refractivity contribution is 0.200. The molecule has 0 saturated carbocycles. The average molecular weight is 300 g/mol. The highest BCUT2D eigenvalue weighted by molar-refractivity contribution is 5.88. The summed E-state index contributed by atoms with van der Waals surface area (Å²) in [6, 6.07) is 12.1. The number of nitrogens with one attached hydrogen (secondary N) is 1. The Bertz CT molecular complexity index is 606. The van der Waals surface area contributed by atoms with E-state index in [2.05, 4.69) is 29.5 Å². The van der Waals surface area contributed by atoms with E-state index in [1.165, 1.54) is 0 Å². The second kappa shape index (κ2) is 7.11. The van der Waals surface area contributed by atoms with Crippen LogP contribution < -0.4 is 5.32 Å². The first-order chi connectivity index (χ1) is 10.5. The van der Waals surface area contributed by atoms with Crippen LogP contribution in [0.4, 0.5) is 10.6 Å². The molecule has 0 aliphatic carbocycles. The minimum atomic E-state index is -0.0977. The summed E-state index contributed by atoms with van der Waals surface area (Å²) >= 11 is 0. The van der Waals surface area contributed by atoms with Crippen molar-refractivity contribution in [2.75, 3.05) is 11.9 Å². The predicted octanol–water partition coefficient (Wildman–Crippen LogP) is 3.75. The van der Waals surface area contributed by atoms with Crippen LogP contribution in [0.25, 0.3) is 0 Å². The van der Waals surface area contributed by atoms with Crippen molar-refractivity contribution in [3.63, 3.8) is 0 Å². The van der Waals surface area contributed by atoms with E-state index in [4.69, 9.17) is 0 Å². The Morgan fingerprint density at radius 1 is 1.23 bits per heavy atom. The first kappa shape index (κ1) is 16.1. The van der Waals surface area contributed by atoms with E-state index in [9.17, 15) is 4.79 Å². The van der Waals surface area contributed by atoms with Crippen LogP contribution in [0, 0.1) is 0 Å². The minimum absolute atomic E-state index is 0.0561. The molecule has 118 valence electrons. The summed E-state index contributed by atoms with van der Waals surface area (Å²) in [6.45, 7) is 8.73. The van der Waals surface area contributed by atoms with Gasteiger partial charge in [0.05, 0.1) is 12.2 Å². The molecule has 2 amide bonds. The van der Waals surface area contributed by atoms with Crippen LogP contribution in [-0.2, 0) is 0 Å². The van der Waals surface area contributed by atoms with Gasteiger partial charge >= 0.3 is 6.03 Å². The first-order valence-electron chi connectivity index (χ1n) is 7.70. The summed E-state index contributed by atoms with van der Waals surface area (Å²) in [5.74, 6) is 0.709. The molecule has 1 aromatic carbocycles. The number of aromatic nitrogens is 2. The van der Waals surface area contributed by atoms with Crippen molar-refractivity contribution in [1.82, 2.24) is 14.7 Å². The van der Waals surface area contributed by atoms with Crippen LogP contribution in [0.5, 0.6) is 0 Å². The van der Waals surface area contributed by atoms with Gasteiger partial charge in [0.2, 0.25) is 0 Å². The lowest BCUT2D eigenvalue weighted by atomic mass is 10.1. The highest BCUT2D eigenvalue weighted by atomic mass is 16.2. The third-order valence-electron chi connectivity index (χ3n) is 3.78. The summed E-state index contributed by atoms with van der Waals surface area (Å²) < 4.78 is 1.83. The number of hydrogen-bond donors (Lipinski definition) is 1. The van der Waals surface area contributed by atoms with Gasteiger partial charge in [-0.1, -0.05) is 30.3 Å². The SMILES string of the molecule is CCN(C(=O)Nc1ccnn1[C@@H](C)c1ccccc1)C(C)C. The summed E-state index contributed by atoms with van der Waals surface area (Å²) in [7, 11) is 0. The van der Waals surface area contributed by atoms with Crippen molar-refractivity contribution in [3.05, 3.63) is 48.2 Å². The Labute approximate surface area is 131 Å². The Balaban J connectivity index is 2.18. The molecule has 5 nitrogen and oxygen atoms in total. The van der Waals surface area contributed by atoms with Gasteiger partial charge in [-0.05, 0) is 33.3 Å². The zero-order valence-corrected chi connectivity index (χ0v) is 13.7. The number of rotatable bonds is 5. The van der Waals surface area contributed by atoms with Crippen molar-refractivity contribution in [2.24, 2.45) is 0 Å². The van der Waals surface area contributed by atoms with Crippen molar-refractivity contribution < 1.29 is 4.79 Å². The van der Waals surface area contributed by atoms with Gasteiger partial charge in [-0.3, -0.25) is 5.32 Å². The lowest BCUT2D eigenvalue weighted by Crippen LogP contribution is -2.40. The molecule has 5 heteroatoms. The quantitative estimate of drug-likeness (QED) is 0.914. The Kier molecular flexibility index (Phi) is 5.20. The molecule has 1 aromatic heterocycles. The van der Waals surface area contributed by atoms with Crippen molar-refractivity contribution in [2.45, 2.75) is 39.8 Å². The van der Waals surface area contributed by atoms with Crippen LogP contribution in [-0.4, -0.2) is 33.3 Å². The maximum absolute atomic E-state index is 12.4. The fourth-order valence-corrected chi connectivity index (χ4v) is 2.52. The lowest BCUT2D eigenvalue weighted by Gasteiger charge is -2.26. The Morgan fingerprint density at radius 3 is 2.50 bits per heavy atom. The molecule has 1 N–H and O–H groups in total. The van der Waals surface area contributed by atoms with Gasteiger partial charge in [0.15, 0.2) is 0 Å². The largest absolute Gasteiger partial charge is 0.323 e. The van der Waals surface area contributed by atoms with Gasteiger partial charge in [-0.15, -0.1) is 0 Å². The molecule has 0 aliphatic rings. The smallest absolute Gasteiger partial charge is 0.322 e. The zero-order chi connectivity index (χ0) is 16.1. The van der Waals surface area contributed by atoms with Crippen LogP contribution >= 0.6 is 0 Å². The highest BCUT2D eigenvalue weighted by Gasteiger charge is 2.18. The average Bonchev–Trinajstić information content (AvgIpc) is 2.95. The summed E-state index contributed by atoms with van der Waals surface area (Å²) in [4.78, 5) is 14.2. The van der Waals surface area contributed by atoms with Crippen LogP contribution in [0.3, 0.4) is 0 Å². The number of carbonyl (C=O) groups is 1. The molecular weight excluding hydrogens is 276 g/mol. The van der Waals surface area contributed by atoms with Gasteiger partial charge in [0, 0.05) is 18.7 Å². The number of amides is 2. The fourth-order valence-electron chi connectivity index (χ4n) is 2.52. The predicted molar refractivity (Wildman–Crippen MR) is 89.0 cm³/mol. The van der Waals surface area contributed by atoms with Gasteiger partial charge in [-0.2, -0.15) is 5.10 Å². The van der Waals surface area contributed by atoms with E-state index in [1.807, 2.05) is 49.7 Å². The maximum Gasteiger partial charge on any atom is 0.323 e. The third kappa shape index (κ3) is 3.47. The van der Waals surface area contributed by atoms with Crippen molar-refractivity contribution in [3.8, 4) is 0 Å². The van der Waals surface area contributed by atoms with E-state index >= 15 is 0 Å². The molecule has 0 bridgehead atoms. The molecule has 0 saturated heterocycles. The number of benzene rings is 1. The van der Waals surface area contributed by atoms with Crippen molar-refractivity contribution in [1.29, 1.82) is 0 Å². The molecular formula is C17H24N4O. The van der Waals surface area contributed by atoms with Gasteiger partial charge in [0.25, 0.3) is 0 Å². The zero-order valence-electron chi connectivity index (χ0n) is 13.7. The van der Waals surface area contributed by atoms with Crippen LogP contribution in [0.2, 0.25) is 0 Å². The summed E-state index contributed by atoms with van der Waals surface area (Å²) in [6.07, 6.45) is 1.71. The molecule has 0 fully saturated rings. The number of nitrogens with zero attached hydrogens (tertiary/aromatic N) is 3. The van der Waals surface area contributed by atoms with E-state index in [0.717, 1.165) is 5.56 Å². The summed E-state index contributed by atoms with van der Waals surface area (Å²) in [5.41, 5.74) is 1.15. The van der Waals surface area contributed by atoms with Gasteiger partial charge in [-0.25, -0.2) is 9.48 Å². The molecule has 2 rings (SSSR count).